The van der Waals surface area contributed by atoms with E-state index in [9.17, 15) is 10.1 Å². The number of carbonyl (C=O) groups excluding carboxylic acids is 1. The van der Waals surface area contributed by atoms with Crippen molar-refractivity contribution in [3.8, 4) is 22.9 Å². The summed E-state index contributed by atoms with van der Waals surface area (Å²) < 4.78 is 5.22. The standard InChI is InChI=1S/C25H31N3O2/c1-3-5-6-7-18-8-10-19(11-9-18)25-27-16-22(17-28-25)20-12-13-23(21(14-20)15-26)30-24(29)4-2/h12-14,16-19H,3-11H2,1-2H3/t18-,19-. The number of nitriles is 1. The molecule has 5 nitrogen and oxygen atoms in total. The van der Waals surface area contributed by atoms with Crippen LogP contribution < -0.4 is 4.74 Å². The monoisotopic (exact) mass is 405 g/mol. The smallest absolute Gasteiger partial charge is 0.310 e. The van der Waals surface area contributed by atoms with E-state index in [-0.39, 0.29) is 12.4 Å². The number of aromatic nitrogens is 2. The fraction of sp³-hybridized carbons (Fsp3) is 0.520. The number of hydrogen-bond acceptors (Lipinski definition) is 5. The van der Waals surface area contributed by atoms with E-state index in [2.05, 4.69) is 23.0 Å². The fourth-order valence-electron chi connectivity index (χ4n) is 4.17. The van der Waals surface area contributed by atoms with Gasteiger partial charge in [0.2, 0.25) is 0 Å². The summed E-state index contributed by atoms with van der Waals surface area (Å²) in [5, 5.41) is 9.41. The molecule has 1 fully saturated rings. The molecule has 1 aliphatic carbocycles. The van der Waals surface area contributed by atoms with Gasteiger partial charge in [0.15, 0.2) is 0 Å². The van der Waals surface area contributed by atoms with Gasteiger partial charge in [0.1, 0.15) is 17.6 Å². The Morgan fingerprint density at radius 2 is 1.83 bits per heavy atom. The summed E-state index contributed by atoms with van der Waals surface area (Å²) in [4.78, 5) is 20.8. The summed E-state index contributed by atoms with van der Waals surface area (Å²) in [5.74, 6) is 2.19. The fourth-order valence-corrected chi connectivity index (χ4v) is 4.17. The average Bonchev–Trinajstić information content (AvgIpc) is 2.80. The van der Waals surface area contributed by atoms with E-state index >= 15 is 0 Å². The van der Waals surface area contributed by atoms with Crippen molar-refractivity contribution in [1.82, 2.24) is 9.97 Å². The molecule has 5 heteroatoms. The Kier molecular flexibility index (Phi) is 7.96. The Labute approximate surface area is 179 Å². The van der Waals surface area contributed by atoms with Crippen LogP contribution >= 0.6 is 0 Å². The first-order valence-electron chi connectivity index (χ1n) is 11.2. The van der Waals surface area contributed by atoms with E-state index in [4.69, 9.17) is 4.74 Å². The first-order valence-corrected chi connectivity index (χ1v) is 11.2. The van der Waals surface area contributed by atoms with Crippen molar-refractivity contribution < 1.29 is 9.53 Å². The summed E-state index contributed by atoms with van der Waals surface area (Å²) in [6.07, 6.45) is 14.2. The van der Waals surface area contributed by atoms with Gasteiger partial charge in [0, 0.05) is 30.3 Å². The second-order valence-electron chi connectivity index (χ2n) is 8.19. The lowest BCUT2D eigenvalue weighted by molar-refractivity contribution is -0.134. The second kappa shape index (κ2) is 10.9. The van der Waals surface area contributed by atoms with Crippen molar-refractivity contribution in [3.05, 3.63) is 42.0 Å². The minimum Gasteiger partial charge on any atom is -0.425 e. The lowest BCUT2D eigenvalue weighted by Gasteiger charge is -2.27. The van der Waals surface area contributed by atoms with Crippen LogP contribution in [0.5, 0.6) is 5.75 Å². The highest BCUT2D eigenvalue weighted by molar-refractivity contribution is 5.74. The van der Waals surface area contributed by atoms with Crippen molar-refractivity contribution in [3.63, 3.8) is 0 Å². The number of hydrogen-bond donors (Lipinski definition) is 0. The van der Waals surface area contributed by atoms with E-state index in [0.717, 1.165) is 22.9 Å². The number of nitrogens with zero attached hydrogens (tertiary/aromatic N) is 3. The van der Waals surface area contributed by atoms with Crippen LogP contribution in [0.15, 0.2) is 30.6 Å². The molecule has 2 aromatic rings. The molecule has 0 amide bonds. The van der Waals surface area contributed by atoms with Crippen molar-refractivity contribution in [1.29, 1.82) is 5.26 Å². The molecule has 1 aromatic carbocycles. The Morgan fingerprint density at radius 3 is 2.47 bits per heavy atom. The van der Waals surface area contributed by atoms with Crippen molar-refractivity contribution in [2.75, 3.05) is 0 Å². The highest BCUT2D eigenvalue weighted by atomic mass is 16.5. The quantitative estimate of drug-likeness (QED) is 0.297. The zero-order chi connectivity index (χ0) is 21.3. The molecule has 0 bridgehead atoms. The molecule has 30 heavy (non-hydrogen) atoms. The summed E-state index contributed by atoms with van der Waals surface area (Å²) in [7, 11) is 0. The van der Waals surface area contributed by atoms with Crippen LogP contribution in [0.25, 0.3) is 11.1 Å². The summed E-state index contributed by atoms with van der Waals surface area (Å²) in [6, 6.07) is 7.32. The van der Waals surface area contributed by atoms with Crippen molar-refractivity contribution in [2.24, 2.45) is 5.92 Å². The maximum Gasteiger partial charge on any atom is 0.310 e. The Bertz CT molecular complexity index is 878. The van der Waals surface area contributed by atoms with E-state index in [1.807, 2.05) is 18.5 Å². The number of unbranched alkanes of at least 4 members (excludes halogenated alkanes) is 2. The molecule has 0 saturated heterocycles. The zero-order valence-corrected chi connectivity index (χ0v) is 18.1. The second-order valence-corrected chi connectivity index (χ2v) is 8.19. The zero-order valence-electron chi connectivity index (χ0n) is 18.1. The van der Waals surface area contributed by atoms with Gasteiger partial charge in [-0.2, -0.15) is 5.26 Å². The van der Waals surface area contributed by atoms with Crippen LogP contribution in [0.1, 0.15) is 88.9 Å². The Hall–Kier alpha value is -2.74. The summed E-state index contributed by atoms with van der Waals surface area (Å²) in [5.41, 5.74) is 2.03. The molecule has 0 aliphatic heterocycles. The van der Waals surface area contributed by atoms with Gasteiger partial charge in [0.25, 0.3) is 0 Å². The van der Waals surface area contributed by atoms with Crippen LogP contribution in [-0.2, 0) is 4.79 Å². The number of esters is 1. The average molecular weight is 406 g/mol. The van der Waals surface area contributed by atoms with Gasteiger partial charge in [-0.1, -0.05) is 45.6 Å². The molecule has 1 aromatic heterocycles. The maximum absolute atomic E-state index is 11.5. The lowest BCUT2D eigenvalue weighted by Crippen LogP contribution is -2.15. The van der Waals surface area contributed by atoms with Crippen LogP contribution in [0.2, 0.25) is 0 Å². The first kappa shape index (κ1) is 22.0. The molecule has 0 radical (unpaired) electrons. The topological polar surface area (TPSA) is 75.9 Å². The first-order chi connectivity index (χ1) is 14.6. The SMILES string of the molecule is CCCCC[C@H]1CC[C@H](c2ncc(-c3ccc(OC(=O)CC)c(C#N)c3)cn2)CC1. The molecule has 1 heterocycles. The maximum atomic E-state index is 11.5. The predicted octanol–water partition coefficient (Wildman–Crippen LogP) is 6.18. The third-order valence-corrected chi connectivity index (χ3v) is 6.05. The van der Waals surface area contributed by atoms with Gasteiger partial charge in [-0.3, -0.25) is 4.79 Å². The van der Waals surface area contributed by atoms with Gasteiger partial charge in [-0.25, -0.2) is 9.97 Å². The summed E-state index contributed by atoms with van der Waals surface area (Å²) >= 11 is 0. The molecule has 0 atom stereocenters. The van der Waals surface area contributed by atoms with Crippen LogP contribution in [-0.4, -0.2) is 15.9 Å². The normalized spacial score (nSPS) is 18.6. The summed E-state index contributed by atoms with van der Waals surface area (Å²) in [6.45, 7) is 3.98. The molecular formula is C25H31N3O2. The van der Waals surface area contributed by atoms with E-state index in [0.29, 0.717) is 17.2 Å². The van der Waals surface area contributed by atoms with Crippen LogP contribution in [0, 0.1) is 17.2 Å². The number of rotatable bonds is 8. The molecule has 1 aliphatic rings. The molecule has 0 unspecified atom stereocenters. The van der Waals surface area contributed by atoms with Crippen molar-refractivity contribution >= 4 is 5.97 Å². The molecule has 0 spiro atoms. The Morgan fingerprint density at radius 1 is 1.10 bits per heavy atom. The third kappa shape index (κ3) is 5.66. The third-order valence-electron chi connectivity index (χ3n) is 6.05. The lowest BCUT2D eigenvalue weighted by atomic mass is 9.79. The van der Waals surface area contributed by atoms with Crippen LogP contribution in [0.4, 0.5) is 0 Å². The van der Waals surface area contributed by atoms with Gasteiger partial charge < -0.3 is 4.74 Å². The predicted molar refractivity (Wildman–Crippen MR) is 117 cm³/mol. The number of benzene rings is 1. The highest BCUT2D eigenvalue weighted by Crippen LogP contribution is 2.36. The van der Waals surface area contributed by atoms with Gasteiger partial charge in [0.05, 0.1) is 5.56 Å². The molecule has 1 saturated carbocycles. The molecule has 158 valence electrons. The van der Waals surface area contributed by atoms with Gasteiger partial charge in [-0.05, 0) is 49.3 Å². The minimum absolute atomic E-state index is 0.266. The number of carbonyl (C=O) groups is 1. The minimum atomic E-state index is -0.355. The van der Waals surface area contributed by atoms with E-state index in [1.165, 1.54) is 51.4 Å². The van der Waals surface area contributed by atoms with E-state index in [1.54, 1.807) is 19.1 Å². The molecule has 3 rings (SSSR count). The Balaban J connectivity index is 1.63. The number of ether oxygens (including phenoxy) is 1. The van der Waals surface area contributed by atoms with Crippen molar-refractivity contribution in [2.45, 2.75) is 77.6 Å². The molecular weight excluding hydrogens is 374 g/mol. The van der Waals surface area contributed by atoms with Gasteiger partial charge in [-0.15, -0.1) is 0 Å². The highest BCUT2D eigenvalue weighted by Gasteiger charge is 2.24. The van der Waals surface area contributed by atoms with Gasteiger partial charge >= 0.3 is 5.97 Å². The van der Waals surface area contributed by atoms with E-state index < -0.39 is 0 Å². The largest absolute Gasteiger partial charge is 0.425 e. The molecule has 0 N–H and O–H groups in total. The van der Waals surface area contributed by atoms with Crippen LogP contribution in [0.3, 0.4) is 0 Å².